The molecule has 1 aromatic heterocycles. The summed E-state index contributed by atoms with van der Waals surface area (Å²) >= 11 is 0. The summed E-state index contributed by atoms with van der Waals surface area (Å²) in [5.74, 6) is 0. The van der Waals surface area contributed by atoms with Gasteiger partial charge in [0.2, 0.25) is 0 Å². The summed E-state index contributed by atoms with van der Waals surface area (Å²) in [5.41, 5.74) is -0.225. The van der Waals surface area contributed by atoms with E-state index in [0.717, 1.165) is 12.1 Å². The lowest BCUT2D eigenvalue weighted by Gasteiger charge is -2.19. The van der Waals surface area contributed by atoms with Gasteiger partial charge in [-0.2, -0.15) is 13.2 Å². The van der Waals surface area contributed by atoms with Crippen molar-refractivity contribution in [2.75, 3.05) is 0 Å². The third-order valence-corrected chi connectivity index (χ3v) is 2.41. The van der Waals surface area contributed by atoms with Crippen LogP contribution in [0, 0.1) is 0 Å². The Morgan fingerprint density at radius 3 is 2.29 bits per heavy atom. The van der Waals surface area contributed by atoms with Crippen LogP contribution >= 0.6 is 0 Å². The molecule has 0 saturated heterocycles. The fourth-order valence-corrected chi connectivity index (χ4v) is 1.59. The molecule has 0 atom stereocenters. The molecular formula is C11H12F3N3. The molecule has 0 N–H and O–H groups in total. The highest BCUT2D eigenvalue weighted by molar-refractivity contribution is 5.75. The van der Waals surface area contributed by atoms with Crippen LogP contribution in [0.25, 0.3) is 11.0 Å². The highest BCUT2D eigenvalue weighted by atomic mass is 19.4. The Labute approximate surface area is 96.2 Å². The van der Waals surface area contributed by atoms with E-state index in [0.29, 0.717) is 11.0 Å². The van der Waals surface area contributed by atoms with Gasteiger partial charge in [0, 0.05) is 0 Å². The van der Waals surface area contributed by atoms with Crippen molar-refractivity contribution in [3.05, 3.63) is 23.8 Å². The van der Waals surface area contributed by atoms with Gasteiger partial charge in [-0.1, -0.05) is 5.21 Å². The van der Waals surface area contributed by atoms with Crippen molar-refractivity contribution in [2.45, 2.75) is 32.5 Å². The summed E-state index contributed by atoms with van der Waals surface area (Å²) in [6, 6.07) is 3.44. The maximum absolute atomic E-state index is 12.6. The molecule has 0 aliphatic carbocycles. The molecule has 3 nitrogen and oxygen atoms in total. The van der Waals surface area contributed by atoms with Gasteiger partial charge in [-0.25, -0.2) is 4.68 Å². The normalized spacial score (nSPS) is 13.3. The molecule has 0 radical (unpaired) electrons. The van der Waals surface area contributed by atoms with E-state index in [4.69, 9.17) is 0 Å². The lowest BCUT2D eigenvalue weighted by Crippen LogP contribution is -2.23. The number of halogens is 3. The van der Waals surface area contributed by atoms with Crippen LogP contribution in [-0.4, -0.2) is 15.0 Å². The molecule has 0 unspecified atom stereocenters. The minimum Gasteiger partial charge on any atom is -0.239 e. The quantitative estimate of drug-likeness (QED) is 0.711. The molecule has 0 aliphatic rings. The number of hydrogen-bond donors (Lipinski definition) is 0. The number of fused-ring (bicyclic) bond motifs is 1. The van der Waals surface area contributed by atoms with E-state index >= 15 is 0 Å². The van der Waals surface area contributed by atoms with E-state index in [1.165, 1.54) is 10.7 Å². The molecule has 0 saturated carbocycles. The van der Waals surface area contributed by atoms with Crippen molar-refractivity contribution >= 4 is 11.0 Å². The Bertz CT molecular complexity index is 549. The van der Waals surface area contributed by atoms with Gasteiger partial charge >= 0.3 is 6.18 Å². The van der Waals surface area contributed by atoms with E-state index < -0.39 is 17.3 Å². The van der Waals surface area contributed by atoms with E-state index in [-0.39, 0.29) is 0 Å². The summed E-state index contributed by atoms with van der Waals surface area (Å²) in [6.07, 6.45) is -4.35. The third kappa shape index (κ3) is 2.11. The lowest BCUT2D eigenvalue weighted by molar-refractivity contribution is -0.137. The molecule has 0 fully saturated rings. The van der Waals surface area contributed by atoms with Crippen LogP contribution in [0.4, 0.5) is 13.2 Å². The first kappa shape index (κ1) is 11.9. The standard InChI is InChI=1S/C11H12F3N3/c1-10(2,3)17-9-6-7(11(12,13)14)4-5-8(9)15-16-17/h4-6H,1-3H3. The Morgan fingerprint density at radius 1 is 1.12 bits per heavy atom. The molecule has 0 spiro atoms. The van der Waals surface area contributed by atoms with Crippen molar-refractivity contribution in [1.82, 2.24) is 15.0 Å². The van der Waals surface area contributed by atoms with Crippen LogP contribution in [0.5, 0.6) is 0 Å². The Morgan fingerprint density at radius 2 is 1.76 bits per heavy atom. The number of alkyl halides is 3. The van der Waals surface area contributed by atoms with Crippen molar-refractivity contribution in [3.63, 3.8) is 0 Å². The zero-order chi connectivity index (χ0) is 12.8. The molecular weight excluding hydrogens is 231 g/mol. The SMILES string of the molecule is CC(C)(C)n1nnc2ccc(C(F)(F)F)cc21. The topological polar surface area (TPSA) is 30.7 Å². The summed E-state index contributed by atoms with van der Waals surface area (Å²) < 4.78 is 39.3. The van der Waals surface area contributed by atoms with Gasteiger partial charge in [0.25, 0.3) is 0 Å². The zero-order valence-electron chi connectivity index (χ0n) is 9.71. The molecule has 1 heterocycles. The molecule has 92 valence electrons. The van der Waals surface area contributed by atoms with E-state index in [1.54, 1.807) is 0 Å². The van der Waals surface area contributed by atoms with Crippen molar-refractivity contribution in [3.8, 4) is 0 Å². The summed E-state index contributed by atoms with van der Waals surface area (Å²) in [5, 5.41) is 7.74. The van der Waals surface area contributed by atoms with Gasteiger partial charge in [-0.05, 0) is 39.0 Å². The van der Waals surface area contributed by atoms with Gasteiger partial charge in [0.1, 0.15) is 5.52 Å². The average molecular weight is 243 g/mol. The highest BCUT2D eigenvalue weighted by Gasteiger charge is 2.31. The smallest absolute Gasteiger partial charge is 0.239 e. The van der Waals surface area contributed by atoms with Gasteiger partial charge in [-0.3, -0.25) is 0 Å². The third-order valence-electron chi connectivity index (χ3n) is 2.41. The summed E-state index contributed by atoms with van der Waals surface area (Å²) in [4.78, 5) is 0. The molecule has 1 aromatic carbocycles. The fourth-order valence-electron chi connectivity index (χ4n) is 1.59. The number of hydrogen-bond acceptors (Lipinski definition) is 2. The first-order valence-corrected chi connectivity index (χ1v) is 5.13. The first-order chi connectivity index (χ1) is 7.69. The van der Waals surface area contributed by atoms with Gasteiger partial charge in [0.15, 0.2) is 0 Å². The molecule has 2 rings (SSSR count). The molecule has 0 aliphatic heterocycles. The van der Waals surface area contributed by atoms with E-state index in [1.807, 2.05) is 20.8 Å². The van der Waals surface area contributed by atoms with Crippen LogP contribution in [0.2, 0.25) is 0 Å². The minimum absolute atomic E-state index is 0.396. The number of nitrogens with zero attached hydrogens (tertiary/aromatic N) is 3. The number of benzene rings is 1. The van der Waals surface area contributed by atoms with Gasteiger partial charge < -0.3 is 0 Å². The first-order valence-electron chi connectivity index (χ1n) is 5.13. The van der Waals surface area contributed by atoms with Crippen LogP contribution in [0.3, 0.4) is 0 Å². The molecule has 0 bridgehead atoms. The largest absolute Gasteiger partial charge is 0.416 e. The number of aromatic nitrogens is 3. The lowest BCUT2D eigenvalue weighted by atomic mass is 10.1. The Hall–Kier alpha value is -1.59. The monoisotopic (exact) mass is 243 g/mol. The van der Waals surface area contributed by atoms with Crippen LogP contribution in [-0.2, 0) is 11.7 Å². The second-order valence-electron chi connectivity index (χ2n) is 4.87. The summed E-state index contributed by atoms with van der Waals surface area (Å²) in [6.45, 7) is 5.59. The fraction of sp³-hybridized carbons (Fsp3) is 0.455. The van der Waals surface area contributed by atoms with E-state index in [2.05, 4.69) is 10.3 Å². The van der Waals surface area contributed by atoms with Gasteiger partial charge in [-0.15, -0.1) is 5.10 Å². The van der Waals surface area contributed by atoms with E-state index in [9.17, 15) is 13.2 Å². The second kappa shape index (κ2) is 3.45. The molecule has 2 aromatic rings. The highest BCUT2D eigenvalue weighted by Crippen LogP contribution is 2.31. The van der Waals surface area contributed by atoms with Crippen molar-refractivity contribution in [2.24, 2.45) is 0 Å². The maximum Gasteiger partial charge on any atom is 0.416 e. The van der Waals surface area contributed by atoms with Crippen LogP contribution < -0.4 is 0 Å². The predicted octanol–water partition coefficient (Wildman–Crippen LogP) is 3.21. The van der Waals surface area contributed by atoms with Crippen molar-refractivity contribution < 1.29 is 13.2 Å². The van der Waals surface area contributed by atoms with Crippen LogP contribution in [0.15, 0.2) is 18.2 Å². The van der Waals surface area contributed by atoms with Crippen molar-refractivity contribution in [1.29, 1.82) is 0 Å². The minimum atomic E-state index is -4.35. The second-order valence-corrected chi connectivity index (χ2v) is 4.87. The predicted molar refractivity (Wildman–Crippen MR) is 57.5 cm³/mol. The Kier molecular flexibility index (Phi) is 2.41. The maximum atomic E-state index is 12.6. The average Bonchev–Trinajstić information content (AvgIpc) is 2.57. The number of rotatable bonds is 0. The molecule has 6 heteroatoms. The zero-order valence-corrected chi connectivity index (χ0v) is 9.71. The summed E-state index contributed by atoms with van der Waals surface area (Å²) in [7, 11) is 0. The molecule has 0 amide bonds. The van der Waals surface area contributed by atoms with Crippen LogP contribution in [0.1, 0.15) is 26.3 Å². The van der Waals surface area contributed by atoms with Gasteiger partial charge in [0.05, 0.1) is 16.6 Å². The molecule has 17 heavy (non-hydrogen) atoms. The Balaban J connectivity index is 2.67.